The monoisotopic (exact) mass is 406 g/mol. The first kappa shape index (κ1) is 17.0. The molecule has 0 saturated heterocycles. The van der Waals surface area contributed by atoms with Gasteiger partial charge in [0.15, 0.2) is 0 Å². The predicted octanol–water partition coefficient (Wildman–Crippen LogP) is 3.98. The first-order chi connectivity index (χ1) is 9.42. The van der Waals surface area contributed by atoms with Crippen molar-refractivity contribution in [1.82, 2.24) is 5.32 Å². The number of anilines is 1. The number of halogens is 2. The van der Waals surface area contributed by atoms with E-state index in [2.05, 4.69) is 42.5 Å². The number of urea groups is 1. The van der Waals surface area contributed by atoms with Crippen LogP contribution in [-0.4, -0.2) is 23.1 Å². The van der Waals surface area contributed by atoms with E-state index >= 15 is 0 Å². The molecule has 1 rings (SSSR count). The van der Waals surface area contributed by atoms with Gasteiger partial charge in [0.2, 0.25) is 0 Å². The van der Waals surface area contributed by atoms with E-state index in [9.17, 15) is 9.59 Å². The van der Waals surface area contributed by atoms with Gasteiger partial charge in [-0.25, -0.2) is 4.79 Å². The van der Waals surface area contributed by atoms with Crippen molar-refractivity contribution < 1.29 is 14.7 Å². The second kappa shape index (κ2) is 8.26. The van der Waals surface area contributed by atoms with Crippen LogP contribution in [0.4, 0.5) is 10.5 Å². The van der Waals surface area contributed by atoms with E-state index in [4.69, 9.17) is 5.11 Å². The second-order valence-electron chi connectivity index (χ2n) is 4.31. The van der Waals surface area contributed by atoms with E-state index in [0.717, 1.165) is 15.4 Å². The largest absolute Gasteiger partial charge is 0.481 e. The van der Waals surface area contributed by atoms with E-state index in [0.29, 0.717) is 12.1 Å². The lowest BCUT2D eigenvalue weighted by Crippen LogP contribution is -2.39. The van der Waals surface area contributed by atoms with Crippen LogP contribution in [0.5, 0.6) is 0 Å². The molecule has 7 heteroatoms. The van der Waals surface area contributed by atoms with Gasteiger partial charge in [-0.2, -0.15) is 0 Å². The molecular formula is C13H16Br2N2O3. The minimum atomic E-state index is -0.923. The molecule has 110 valence electrons. The first-order valence-electron chi connectivity index (χ1n) is 6.16. The molecule has 0 fully saturated rings. The highest BCUT2D eigenvalue weighted by atomic mass is 79.9. The number of amides is 2. The molecule has 0 aliphatic carbocycles. The smallest absolute Gasteiger partial charge is 0.319 e. The number of carboxylic acid groups (broad SMARTS) is 1. The average Bonchev–Trinajstić information content (AvgIpc) is 2.32. The summed E-state index contributed by atoms with van der Waals surface area (Å²) in [4.78, 5) is 22.6. The fraction of sp³-hybridized carbons (Fsp3) is 0.385. The van der Waals surface area contributed by atoms with Crippen LogP contribution in [0.25, 0.3) is 0 Å². The van der Waals surface area contributed by atoms with Crippen molar-refractivity contribution in [2.24, 2.45) is 0 Å². The van der Waals surface area contributed by atoms with Crippen molar-refractivity contribution >= 4 is 49.5 Å². The number of rotatable bonds is 6. The normalized spacial score (nSPS) is 11.8. The van der Waals surface area contributed by atoms with Gasteiger partial charge < -0.3 is 15.7 Å². The molecular weight excluding hydrogens is 392 g/mol. The van der Waals surface area contributed by atoms with Crippen molar-refractivity contribution in [2.75, 3.05) is 5.32 Å². The van der Waals surface area contributed by atoms with Crippen LogP contribution >= 0.6 is 31.9 Å². The number of benzene rings is 1. The third-order valence-electron chi connectivity index (χ3n) is 2.57. The Kier molecular flexibility index (Phi) is 7.01. The number of nitrogens with one attached hydrogen (secondary N) is 2. The van der Waals surface area contributed by atoms with Crippen molar-refractivity contribution in [1.29, 1.82) is 0 Å². The molecule has 0 heterocycles. The highest BCUT2D eigenvalue weighted by molar-refractivity contribution is 9.11. The molecule has 5 nitrogen and oxygen atoms in total. The third kappa shape index (κ3) is 5.92. The zero-order chi connectivity index (χ0) is 15.1. The summed E-state index contributed by atoms with van der Waals surface area (Å²) in [5, 5.41) is 14.2. The Morgan fingerprint density at radius 1 is 1.35 bits per heavy atom. The van der Waals surface area contributed by atoms with Crippen molar-refractivity contribution in [3.8, 4) is 0 Å². The van der Waals surface area contributed by atoms with Crippen molar-refractivity contribution in [3.05, 3.63) is 27.1 Å². The molecule has 0 saturated carbocycles. The van der Waals surface area contributed by atoms with Gasteiger partial charge in [-0.1, -0.05) is 29.3 Å². The van der Waals surface area contributed by atoms with Crippen molar-refractivity contribution in [3.63, 3.8) is 0 Å². The maximum absolute atomic E-state index is 11.9. The Morgan fingerprint density at radius 2 is 2.05 bits per heavy atom. The predicted molar refractivity (Wildman–Crippen MR) is 84.9 cm³/mol. The summed E-state index contributed by atoms with van der Waals surface area (Å²) in [5.41, 5.74) is 0.622. The topological polar surface area (TPSA) is 78.4 Å². The van der Waals surface area contributed by atoms with E-state index < -0.39 is 12.0 Å². The Balaban J connectivity index is 2.62. The Bertz CT molecular complexity index is 495. The summed E-state index contributed by atoms with van der Waals surface area (Å²) in [6.07, 6.45) is 1.35. The first-order valence-corrected chi connectivity index (χ1v) is 7.75. The molecule has 0 spiro atoms. The van der Waals surface area contributed by atoms with Gasteiger partial charge in [0.25, 0.3) is 0 Å². The summed E-state index contributed by atoms with van der Waals surface area (Å²) in [6, 6.07) is 4.59. The fourth-order valence-corrected chi connectivity index (χ4v) is 2.87. The number of aliphatic carboxylic acids is 1. The minimum Gasteiger partial charge on any atom is -0.481 e. The highest BCUT2D eigenvalue weighted by Gasteiger charge is 2.15. The SMILES string of the molecule is CCCC(CC(=O)O)NC(=O)Nc1ccc(Br)cc1Br. The van der Waals surface area contributed by atoms with E-state index in [1.54, 1.807) is 12.1 Å². The van der Waals surface area contributed by atoms with E-state index in [1.165, 1.54) is 0 Å². The molecule has 0 radical (unpaired) electrons. The molecule has 1 aromatic carbocycles. The van der Waals surface area contributed by atoms with Gasteiger partial charge >= 0.3 is 12.0 Å². The number of carbonyl (C=O) groups excluding carboxylic acids is 1. The summed E-state index contributed by atoms with van der Waals surface area (Å²) in [5.74, 6) is -0.923. The zero-order valence-corrected chi connectivity index (χ0v) is 14.1. The van der Waals surface area contributed by atoms with E-state index in [1.807, 2.05) is 13.0 Å². The number of hydrogen-bond acceptors (Lipinski definition) is 2. The van der Waals surface area contributed by atoms with Crippen LogP contribution in [0.2, 0.25) is 0 Å². The number of carboxylic acids is 1. The summed E-state index contributed by atoms with van der Waals surface area (Å²) in [7, 11) is 0. The molecule has 1 atom stereocenters. The van der Waals surface area contributed by atoms with Gasteiger partial charge in [-0.3, -0.25) is 4.79 Å². The van der Waals surface area contributed by atoms with Gasteiger partial charge in [0, 0.05) is 15.0 Å². The standard InChI is InChI=1S/C13H16Br2N2O3/c1-2-3-9(7-12(18)19)16-13(20)17-11-5-4-8(14)6-10(11)15/h4-6,9H,2-3,7H2,1H3,(H,18,19)(H2,16,17,20). The Labute approximate surface area is 134 Å². The summed E-state index contributed by atoms with van der Waals surface area (Å²) in [6.45, 7) is 1.94. The van der Waals surface area contributed by atoms with Crippen LogP contribution in [0, 0.1) is 0 Å². The zero-order valence-electron chi connectivity index (χ0n) is 11.0. The van der Waals surface area contributed by atoms with Crippen LogP contribution < -0.4 is 10.6 Å². The Hall–Kier alpha value is -1.08. The maximum Gasteiger partial charge on any atom is 0.319 e. The number of carbonyl (C=O) groups is 2. The Morgan fingerprint density at radius 3 is 2.60 bits per heavy atom. The summed E-state index contributed by atoms with van der Waals surface area (Å²) < 4.78 is 1.64. The average molecular weight is 408 g/mol. The lowest BCUT2D eigenvalue weighted by molar-refractivity contribution is -0.137. The van der Waals surface area contributed by atoms with Gasteiger partial charge in [-0.15, -0.1) is 0 Å². The van der Waals surface area contributed by atoms with Crippen LogP contribution in [0.3, 0.4) is 0 Å². The maximum atomic E-state index is 11.9. The molecule has 2 amide bonds. The van der Waals surface area contributed by atoms with Crippen LogP contribution in [-0.2, 0) is 4.79 Å². The molecule has 1 unspecified atom stereocenters. The second-order valence-corrected chi connectivity index (χ2v) is 6.08. The quantitative estimate of drug-likeness (QED) is 0.667. The molecule has 0 bridgehead atoms. The highest BCUT2D eigenvalue weighted by Crippen LogP contribution is 2.26. The summed E-state index contributed by atoms with van der Waals surface area (Å²) >= 11 is 6.67. The minimum absolute atomic E-state index is 0.0806. The third-order valence-corrected chi connectivity index (χ3v) is 3.72. The molecule has 0 aromatic heterocycles. The van der Waals surface area contributed by atoms with Crippen LogP contribution in [0.1, 0.15) is 26.2 Å². The number of hydrogen-bond donors (Lipinski definition) is 3. The van der Waals surface area contributed by atoms with Gasteiger partial charge in [0.1, 0.15) is 0 Å². The molecule has 0 aliphatic heterocycles. The molecule has 3 N–H and O–H groups in total. The van der Waals surface area contributed by atoms with Gasteiger partial charge in [0.05, 0.1) is 12.1 Å². The van der Waals surface area contributed by atoms with Crippen LogP contribution in [0.15, 0.2) is 27.1 Å². The van der Waals surface area contributed by atoms with Gasteiger partial charge in [-0.05, 0) is 40.5 Å². The molecule has 20 heavy (non-hydrogen) atoms. The van der Waals surface area contributed by atoms with Crippen molar-refractivity contribution in [2.45, 2.75) is 32.2 Å². The molecule has 1 aromatic rings. The van der Waals surface area contributed by atoms with E-state index in [-0.39, 0.29) is 12.5 Å². The molecule has 0 aliphatic rings. The lowest BCUT2D eigenvalue weighted by atomic mass is 10.1. The fourth-order valence-electron chi connectivity index (χ4n) is 1.72. The lowest BCUT2D eigenvalue weighted by Gasteiger charge is -2.17.